The Hall–Kier alpha value is -1.80. The molecule has 2 atom stereocenters. The van der Waals surface area contributed by atoms with Crippen LogP contribution in [0.5, 0.6) is 0 Å². The SMILES string of the molecule is CC/C=C\C/C=C\C/C=C\C/C=C\CCCCCCCCCCCCCOCC(COP(=O)(O)OCCN)OC(=O)CCCCCCC/C=C\CCCCCCCC. The van der Waals surface area contributed by atoms with Crippen molar-refractivity contribution in [2.75, 3.05) is 33.0 Å². The number of ether oxygens (including phenoxy) is 2. The van der Waals surface area contributed by atoms with Crippen LogP contribution in [0.15, 0.2) is 60.8 Å². The van der Waals surface area contributed by atoms with Crippen LogP contribution in [0.25, 0.3) is 0 Å². The molecule has 338 valence electrons. The molecule has 8 nitrogen and oxygen atoms in total. The Morgan fingerprint density at radius 2 is 0.966 bits per heavy atom. The van der Waals surface area contributed by atoms with Crippen LogP contribution in [0.2, 0.25) is 0 Å². The van der Waals surface area contributed by atoms with Gasteiger partial charge < -0.3 is 20.1 Å². The lowest BCUT2D eigenvalue weighted by molar-refractivity contribution is -0.154. The maximum absolute atomic E-state index is 12.6. The van der Waals surface area contributed by atoms with Crippen molar-refractivity contribution in [3.05, 3.63) is 60.8 Å². The van der Waals surface area contributed by atoms with Gasteiger partial charge in [-0.15, -0.1) is 0 Å². The van der Waals surface area contributed by atoms with E-state index in [1.807, 2.05) is 0 Å². The molecule has 0 aliphatic heterocycles. The van der Waals surface area contributed by atoms with Crippen molar-refractivity contribution in [1.82, 2.24) is 0 Å². The quantitative estimate of drug-likeness (QED) is 0.0269. The highest BCUT2D eigenvalue weighted by Crippen LogP contribution is 2.43. The van der Waals surface area contributed by atoms with Crippen LogP contribution in [0.3, 0.4) is 0 Å². The molecule has 0 aromatic rings. The van der Waals surface area contributed by atoms with Crippen molar-refractivity contribution < 1.29 is 32.8 Å². The number of phosphoric ester groups is 1. The molecule has 9 heteroatoms. The topological polar surface area (TPSA) is 117 Å². The van der Waals surface area contributed by atoms with E-state index in [-0.39, 0.29) is 32.3 Å². The van der Waals surface area contributed by atoms with Gasteiger partial charge in [0.2, 0.25) is 0 Å². The summed E-state index contributed by atoms with van der Waals surface area (Å²) in [6, 6.07) is 0. The van der Waals surface area contributed by atoms with Crippen LogP contribution >= 0.6 is 7.82 Å². The first-order valence-electron chi connectivity index (χ1n) is 23.8. The van der Waals surface area contributed by atoms with E-state index in [4.69, 9.17) is 24.3 Å². The minimum atomic E-state index is -4.28. The van der Waals surface area contributed by atoms with Gasteiger partial charge in [-0.1, -0.05) is 184 Å². The van der Waals surface area contributed by atoms with E-state index in [9.17, 15) is 14.3 Å². The Labute approximate surface area is 357 Å². The highest BCUT2D eigenvalue weighted by atomic mass is 31.2. The molecule has 0 radical (unpaired) electrons. The number of hydrogen-bond acceptors (Lipinski definition) is 7. The summed E-state index contributed by atoms with van der Waals surface area (Å²) in [5.74, 6) is -0.340. The van der Waals surface area contributed by atoms with Crippen molar-refractivity contribution in [3.8, 4) is 0 Å². The second-order valence-corrected chi connectivity index (χ2v) is 17.0. The second kappa shape index (κ2) is 46.3. The first-order valence-corrected chi connectivity index (χ1v) is 25.3. The molecule has 0 saturated carbocycles. The van der Waals surface area contributed by atoms with Gasteiger partial charge >= 0.3 is 13.8 Å². The standard InChI is InChI=1S/C49H90NO7P/c1-3-5-7-9-11-13-15-17-19-20-21-22-23-24-25-26-27-29-31-33-35-37-39-41-44-54-46-48(47-56-58(52,53)55-45-43-50)57-49(51)42-40-38-36-34-32-30-28-18-16-14-12-10-8-6-4-2/h5,7,11,13,17-19,21-22,28,48H,3-4,6,8-10,12,14-16,20,23-27,29-47,50H2,1-2H3,(H,52,53)/b7-5-,13-11-,19-17-,22-21-,28-18-. The zero-order valence-corrected chi connectivity index (χ0v) is 38.4. The molecule has 0 spiro atoms. The third-order valence-electron chi connectivity index (χ3n) is 9.92. The van der Waals surface area contributed by atoms with Crippen molar-refractivity contribution >= 4 is 13.8 Å². The molecule has 0 amide bonds. The van der Waals surface area contributed by atoms with Crippen LogP contribution in [-0.2, 0) is 27.9 Å². The lowest BCUT2D eigenvalue weighted by atomic mass is 10.1. The van der Waals surface area contributed by atoms with E-state index in [1.165, 1.54) is 116 Å². The van der Waals surface area contributed by atoms with Crippen LogP contribution in [0, 0.1) is 0 Å². The number of hydrogen-bond donors (Lipinski definition) is 2. The molecule has 0 saturated heterocycles. The van der Waals surface area contributed by atoms with E-state index in [1.54, 1.807) is 0 Å². The molecule has 3 N–H and O–H groups in total. The minimum Gasteiger partial charge on any atom is -0.457 e. The Morgan fingerprint density at radius 3 is 1.47 bits per heavy atom. The summed E-state index contributed by atoms with van der Waals surface area (Å²) in [5.41, 5.74) is 5.38. The third-order valence-corrected chi connectivity index (χ3v) is 10.9. The van der Waals surface area contributed by atoms with Crippen molar-refractivity contribution in [2.24, 2.45) is 5.73 Å². The predicted molar refractivity (Wildman–Crippen MR) is 247 cm³/mol. The van der Waals surface area contributed by atoms with E-state index in [2.05, 4.69) is 74.6 Å². The van der Waals surface area contributed by atoms with Gasteiger partial charge in [-0.3, -0.25) is 13.8 Å². The fourth-order valence-corrected chi connectivity index (χ4v) is 7.22. The number of unbranched alkanes of at least 4 members (excludes halogenated alkanes) is 22. The van der Waals surface area contributed by atoms with Crippen LogP contribution in [0.1, 0.15) is 206 Å². The summed E-state index contributed by atoms with van der Waals surface area (Å²) >= 11 is 0. The van der Waals surface area contributed by atoms with E-state index < -0.39 is 13.9 Å². The summed E-state index contributed by atoms with van der Waals surface area (Å²) < 4.78 is 33.5. The molecule has 0 fully saturated rings. The monoisotopic (exact) mass is 836 g/mol. The van der Waals surface area contributed by atoms with E-state index >= 15 is 0 Å². The average molecular weight is 836 g/mol. The van der Waals surface area contributed by atoms with Gasteiger partial charge in [-0.25, -0.2) is 4.57 Å². The Balaban J connectivity index is 3.96. The highest BCUT2D eigenvalue weighted by molar-refractivity contribution is 7.47. The molecule has 2 unspecified atom stereocenters. The summed E-state index contributed by atoms with van der Waals surface area (Å²) in [6.45, 7) is 4.79. The minimum absolute atomic E-state index is 0.0968. The molecule has 58 heavy (non-hydrogen) atoms. The van der Waals surface area contributed by atoms with Gasteiger partial charge in [-0.05, 0) is 77.0 Å². The molecule has 0 aliphatic rings. The highest BCUT2D eigenvalue weighted by Gasteiger charge is 2.25. The maximum Gasteiger partial charge on any atom is 0.472 e. The number of phosphoric acid groups is 1. The van der Waals surface area contributed by atoms with Gasteiger partial charge in [0, 0.05) is 19.6 Å². The lowest BCUT2D eigenvalue weighted by Gasteiger charge is -2.20. The fraction of sp³-hybridized carbons (Fsp3) is 0.776. The number of allylic oxidation sites excluding steroid dienone is 10. The first kappa shape index (κ1) is 56.2. The molecule has 0 aromatic carbocycles. The molecule has 0 heterocycles. The third kappa shape index (κ3) is 45.3. The van der Waals surface area contributed by atoms with Crippen LogP contribution in [0.4, 0.5) is 0 Å². The molecule has 0 rings (SSSR count). The van der Waals surface area contributed by atoms with Crippen molar-refractivity contribution in [1.29, 1.82) is 0 Å². The zero-order chi connectivity index (χ0) is 42.3. The summed E-state index contributed by atoms with van der Waals surface area (Å²) in [5, 5.41) is 0. The summed E-state index contributed by atoms with van der Waals surface area (Å²) in [4.78, 5) is 22.5. The van der Waals surface area contributed by atoms with Crippen molar-refractivity contribution in [2.45, 2.75) is 213 Å². The van der Waals surface area contributed by atoms with Gasteiger partial charge in [-0.2, -0.15) is 0 Å². The first-order chi connectivity index (χ1) is 28.4. The van der Waals surface area contributed by atoms with E-state index in [0.29, 0.717) is 13.0 Å². The summed E-state index contributed by atoms with van der Waals surface area (Å²) in [6.07, 6.45) is 56.7. The number of esters is 1. The van der Waals surface area contributed by atoms with E-state index in [0.717, 1.165) is 70.6 Å². The maximum atomic E-state index is 12.6. The number of rotatable bonds is 45. The zero-order valence-electron chi connectivity index (χ0n) is 37.5. The van der Waals surface area contributed by atoms with Gasteiger partial charge in [0.1, 0.15) is 6.10 Å². The second-order valence-electron chi connectivity index (χ2n) is 15.6. The molecule has 0 aliphatic carbocycles. The van der Waals surface area contributed by atoms with Gasteiger partial charge in [0.15, 0.2) is 0 Å². The predicted octanol–water partition coefficient (Wildman–Crippen LogP) is 14.5. The van der Waals surface area contributed by atoms with Crippen LogP contribution < -0.4 is 5.73 Å². The summed E-state index contributed by atoms with van der Waals surface area (Å²) in [7, 11) is -4.28. The Kier molecular flexibility index (Phi) is 44.8. The average Bonchev–Trinajstić information content (AvgIpc) is 3.21. The number of nitrogens with two attached hydrogens (primary N) is 1. The molecule has 0 bridgehead atoms. The fourth-order valence-electron chi connectivity index (χ4n) is 6.45. The molecule has 0 aromatic heterocycles. The number of carbonyl (C=O) groups excluding carboxylic acids is 1. The molecular formula is C49H90NO7P. The number of carbonyl (C=O) groups is 1. The van der Waals surface area contributed by atoms with Gasteiger partial charge in [0.25, 0.3) is 0 Å². The van der Waals surface area contributed by atoms with Crippen LogP contribution in [-0.4, -0.2) is 49.9 Å². The smallest absolute Gasteiger partial charge is 0.457 e. The molecular weight excluding hydrogens is 746 g/mol. The Morgan fingerprint density at radius 1 is 0.534 bits per heavy atom. The normalized spacial score (nSPS) is 13.9. The largest absolute Gasteiger partial charge is 0.472 e. The Bertz CT molecular complexity index is 1070. The van der Waals surface area contributed by atoms with Gasteiger partial charge in [0.05, 0.1) is 19.8 Å². The lowest BCUT2D eigenvalue weighted by Crippen LogP contribution is -2.28. The van der Waals surface area contributed by atoms with Crippen molar-refractivity contribution in [3.63, 3.8) is 0 Å².